The molecule has 2 amide bonds. The fraction of sp³-hybridized carbons (Fsp3) is 0.423. The Labute approximate surface area is 202 Å². The molecular formula is C26H28F2N2O5. The third-order valence-corrected chi connectivity index (χ3v) is 6.62. The van der Waals surface area contributed by atoms with Crippen LogP contribution in [0.5, 0.6) is 0 Å². The summed E-state index contributed by atoms with van der Waals surface area (Å²) in [6, 6.07) is 14.4. The highest BCUT2D eigenvalue weighted by Crippen LogP contribution is 2.44. The van der Waals surface area contributed by atoms with Crippen LogP contribution in [0.25, 0.3) is 11.1 Å². The van der Waals surface area contributed by atoms with Crippen molar-refractivity contribution in [2.75, 3.05) is 13.2 Å². The fourth-order valence-electron chi connectivity index (χ4n) is 4.84. The van der Waals surface area contributed by atoms with Crippen molar-refractivity contribution < 1.29 is 33.0 Å². The van der Waals surface area contributed by atoms with Gasteiger partial charge in [0.25, 0.3) is 5.92 Å². The number of likely N-dealkylation sites (tertiary alicyclic amines) is 1. The molecule has 2 aromatic carbocycles. The van der Waals surface area contributed by atoms with E-state index < -0.39 is 48.4 Å². The van der Waals surface area contributed by atoms with Gasteiger partial charge in [0, 0.05) is 24.3 Å². The number of amides is 2. The van der Waals surface area contributed by atoms with Crippen LogP contribution in [0.1, 0.15) is 50.2 Å². The van der Waals surface area contributed by atoms with E-state index in [2.05, 4.69) is 5.32 Å². The number of fused-ring (bicyclic) bond motifs is 3. The topological polar surface area (TPSA) is 95.9 Å². The maximum atomic E-state index is 13.7. The number of carboxylic acid groups (broad SMARTS) is 1. The lowest BCUT2D eigenvalue weighted by Crippen LogP contribution is -2.46. The van der Waals surface area contributed by atoms with Crippen LogP contribution >= 0.6 is 0 Å². The molecule has 1 heterocycles. The van der Waals surface area contributed by atoms with E-state index >= 15 is 0 Å². The van der Waals surface area contributed by atoms with E-state index in [1.54, 1.807) is 13.8 Å². The third-order valence-electron chi connectivity index (χ3n) is 6.62. The summed E-state index contributed by atoms with van der Waals surface area (Å²) in [5, 5.41) is 11.9. The van der Waals surface area contributed by atoms with Crippen LogP contribution in [0.3, 0.4) is 0 Å². The van der Waals surface area contributed by atoms with Gasteiger partial charge in [0.05, 0.1) is 6.54 Å². The summed E-state index contributed by atoms with van der Waals surface area (Å²) in [6.45, 7) is 2.60. The van der Waals surface area contributed by atoms with Gasteiger partial charge >= 0.3 is 12.1 Å². The number of carbonyl (C=O) groups is 3. The molecule has 1 aliphatic heterocycles. The predicted octanol–water partition coefficient (Wildman–Crippen LogP) is 4.40. The van der Waals surface area contributed by atoms with Crippen molar-refractivity contribution in [1.29, 1.82) is 0 Å². The number of halogens is 2. The van der Waals surface area contributed by atoms with Crippen LogP contribution in [0.4, 0.5) is 13.6 Å². The summed E-state index contributed by atoms with van der Waals surface area (Å²) in [7, 11) is 0. The molecule has 0 saturated carbocycles. The average molecular weight is 487 g/mol. The number of benzene rings is 2. The Balaban J connectivity index is 1.32. The Morgan fingerprint density at radius 3 is 2.23 bits per heavy atom. The van der Waals surface area contributed by atoms with E-state index in [1.165, 1.54) is 0 Å². The molecule has 186 valence electrons. The van der Waals surface area contributed by atoms with Gasteiger partial charge in [-0.1, -0.05) is 48.5 Å². The number of alkyl halides is 2. The quantitative estimate of drug-likeness (QED) is 0.605. The molecule has 0 radical (unpaired) electrons. The molecule has 1 saturated heterocycles. The minimum absolute atomic E-state index is 0.0948. The number of hydrogen-bond acceptors (Lipinski definition) is 4. The second-order valence-electron chi connectivity index (χ2n) is 9.77. The second kappa shape index (κ2) is 9.28. The monoisotopic (exact) mass is 486 g/mol. The Morgan fingerprint density at radius 2 is 1.66 bits per heavy atom. The van der Waals surface area contributed by atoms with E-state index in [0.717, 1.165) is 22.3 Å². The Hall–Kier alpha value is -3.49. The summed E-state index contributed by atoms with van der Waals surface area (Å²) in [5.74, 6) is -5.46. The number of nitrogens with one attached hydrogen (secondary N) is 1. The van der Waals surface area contributed by atoms with Crippen molar-refractivity contribution in [2.45, 2.75) is 56.5 Å². The lowest BCUT2D eigenvalue weighted by Gasteiger charge is -2.28. The van der Waals surface area contributed by atoms with Crippen LogP contribution in [-0.4, -0.2) is 58.6 Å². The number of hydrogen-bond donors (Lipinski definition) is 2. The number of alkyl carbamates (subject to hydrolysis) is 1. The largest absolute Gasteiger partial charge is 0.480 e. The molecule has 7 nitrogen and oxygen atoms in total. The number of ether oxygens (including phenoxy) is 1. The summed E-state index contributed by atoms with van der Waals surface area (Å²) in [4.78, 5) is 37.1. The second-order valence-corrected chi connectivity index (χ2v) is 9.77. The van der Waals surface area contributed by atoms with Crippen LogP contribution in [0, 0.1) is 0 Å². The van der Waals surface area contributed by atoms with Gasteiger partial charge in [-0.05, 0) is 42.5 Å². The first-order valence-electron chi connectivity index (χ1n) is 11.5. The maximum Gasteiger partial charge on any atom is 0.407 e. The van der Waals surface area contributed by atoms with Crippen molar-refractivity contribution in [3.05, 3.63) is 59.7 Å². The molecule has 2 aromatic rings. The van der Waals surface area contributed by atoms with Crippen molar-refractivity contribution in [2.24, 2.45) is 0 Å². The highest BCUT2D eigenvalue weighted by molar-refractivity contribution is 5.84. The first-order chi connectivity index (χ1) is 16.5. The van der Waals surface area contributed by atoms with E-state index in [9.17, 15) is 28.3 Å². The number of aliphatic carboxylic acids is 1. The fourth-order valence-corrected chi connectivity index (χ4v) is 4.84. The van der Waals surface area contributed by atoms with Gasteiger partial charge in [-0.2, -0.15) is 0 Å². The lowest BCUT2D eigenvalue weighted by atomic mass is 9.97. The SMILES string of the molecule is CC(C)(CCC(=O)N1CC(F)(F)CC1C(=O)O)NC(=O)OCC1c2ccccc2-c2ccccc21. The smallest absolute Gasteiger partial charge is 0.407 e. The molecule has 1 aliphatic carbocycles. The summed E-state index contributed by atoms with van der Waals surface area (Å²) in [5.41, 5.74) is 3.52. The number of nitrogens with zero attached hydrogens (tertiary/aromatic N) is 1. The van der Waals surface area contributed by atoms with E-state index in [4.69, 9.17) is 4.74 Å². The molecule has 2 aliphatic rings. The number of carbonyl (C=O) groups excluding carboxylic acids is 2. The molecule has 4 rings (SSSR count). The third kappa shape index (κ3) is 5.28. The number of carboxylic acids is 1. The first-order valence-corrected chi connectivity index (χ1v) is 11.5. The zero-order chi connectivity index (χ0) is 25.4. The van der Waals surface area contributed by atoms with E-state index in [1.807, 2.05) is 48.5 Å². The molecule has 9 heteroatoms. The zero-order valence-electron chi connectivity index (χ0n) is 19.6. The molecule has 0 aromatic heterocycles. The van der Waals surface area contributed by atoms with Crippen molar-refractivity contribution >= 4 is 18.0 Å². The molecule has 1 unspecified atom stereocenters. The summed E-state index contributed by atoms with van der Waals surface area (Å²) in [6.07, 6.45) is -1.60. The highest BCUT2D eigenvalue weighted by Gasteiger charge is 2.50. The molecular weight excluding hydrogens is 458 g/mol. The minimum atomic E-state index is -3.23. The van der Waals surface area contributed by atoms with Crippen molar-refractivity contribution in [3.8, 4) is 11.1 Å². The van der Waals surface area contributed by atoms with Crippen LogP contribution in [-0.2, 0) is 14.3 Å². The normalized spacial score (nSPS) is 18.6. The van der Waals surface area contributed by atoms with E-state index in [0.29, 0.717) is 4.90 Å². The Bertz CT molecular complexity index is 1100. The van der Waals surface area contributed by atoms with Crippen LogP contribution < -0.4 is 5.32 Å². The maximum absolute atomic E-state index is 13.7. The van der Waals surface area contributed by atoms with Gasteiger partial charge in [0.1, 0.15) is 12.6 Å². The van der Waals surface area contributed by atoms with Gasteiger partial charge < -0.3 is 20.1 Å². The number of rotatable bonds is 7. The van der Waals surface area contributed by atoms with Crippen LogP contribution in [0.2, 0.25) is 0 Å². The Kier molecular flexibility index (Phi) is 6.53. The zero-order valence-corrected chi connectivity index (χ0v) is 19.6. The molecule has 2 N–H and O–H groups in total. The molecule has 1 fully saturated rings. The standard InChI is InChI=1S/C26H28F2N2O5/c1-25(2,12-11-22(31)30-15-26(27,28)13-21(30)23(32)33)29-24(34)35-14-20-18-9-5-3-7-16(18)17-8-4-6-10-19(17)20/h3-10,20-21H,11-15H2,1-2H3,(H,29,34)(H,32,33). The summed E-state index contributed by atoms with van der Waals surface area (Å²) >= 11 is 0. The van der Waals surface area contributed by atoms with Gasteiger partial charge in [0.15, 0.2) is 0 Å². The van der Waals surface area contributed by atoms with Gasteiger partial charge in [-0.25, -0.2) is 18.4 Å². The van der Waals surface area contributed by atoms with E-state index in [-0.39, 0.29) is 25.4 Å². The lowest BCUT2D eigenvalue weighted by molar-refractivity contribution is -0.148. The van der Waals surface area contributed by atoms with Gasteiger partial charge in [0.2, 0.25) is 5.91 Å². The van der Waals surface area contributed by atoms with Gasteiger partial charge in [-0.3, -0.25) is 4.79 Å². The molecule has 0 bridgehead atoms. The van der Waals surface area contributed by atoms with Crippen molar-refractivity contribution in [3.63, 3.8) is 0 Å². The molecule has 1 atom stereocenters. The van der Waals surface area contributed by atoms with Gasteiger partial charge in [-0.15, -0.1) is 0 Å². The predicted molar refractivity (Wildman–Crippen MR) is 124 cm³/mol. The first kappa shape index (κ1) is 24.6. The highest BCUT2D eigenvalue weighted by atomic mass is 19.3. The average Bonchev–Trinajstić information content (AvgIpc) is 3.30. The Morgan fingerprint density at radius 1 is 1.09 bits per heavy atom. The minimum Gasteiger partial charge on any atom is -0.480 e. The molecule has 0 spiro atoms. The summed E-state index contributed by atoms with van der Waals surface area (Å²) < 4.78 is 32.9. The van der Waals surface area contributed by atoms with Crippen molar-refractivity contribution in [1.82, 2.24) is 10.2 Å². The van der Waals surface area contributed by atoms with Crippen LogP contribution in [0.15, 0.2) is 48.5 Å². The molecule has 35 heavy (non-hydrogen) atoms.